The monoisotopic (exact) mass is 405 g/mol. The summed E-state index contributed by atoms with van der Waals surface area (Å²) in [7, 11) is 0. The summed E-state index contributed by atoms with van der Waals surface area (Å²) in [5.74, 6) is 0.0546. The van der Waals surface area contributed by atoms with Crippen molar-refractivity contribution in [2.24, 2.45) is 5.41 Å². The zero-order valence-electron chi connectivity index (χ0n) is 17.3. The number of hydrogen-bond donors (Lipinski definition) is 2. The van der Waals surface area contributed by atoms with Gasteiger partial charge in [0.1, 0.15) is 6.10 Å². The van der Waals surface area contributed by atoms with E-state index in [0.717, 1.165) is 5.56 Å². The Balaban J connectivity index is 0.000000941. The molecule has 2 aliphatic heterocycles. The first-order valence-electron chi connectivity index (χ1n) is 9.79. The number of rotatable bonds is 3. The second-order valence-corrected chi connectivity index (χ2v) is 8.35. The fourth-order valence-electron chi connectivity index (χ4n) is 3.41. The number of piperazine rings is 1. The number of morpholine rings is 1. The number of nitrogens with zero attached hydrogens (tertiary/aromatic N) is 2. The Labute approximate surface area is 171 Å². The third kappa shape index (κ3) is 6.83. The fourth-order valence-corrected chi connectivity index (χ4v) is 3.41. The Morgan fingerprint density at radius 2 is 1.93 bits per heavy atom. The van der Waals surface area contributed by atoms with Crippen molar-refractivity contribution in [2.75, 3.05) is 39.3 Å². The molecule has 8 nitrogen and oxygen atoms in total. The largest absolute Gasteiger partial charge is 0.483 e. The van der Waals surface area contributed by atoms with Crippen LogP contribution in [0.1, 0.15) is 32.4 Å². The van der Waals surface area contributed by atoms with Crippen LogP contribution in [0.25, 0.3) is 0 Å². The third-order valence-corrected chi connectivity index (χ3v) is 5.07. The van der Waals surface area contributed by atoms with Gasteiger partial charge >= 0.3 is 0 Å². The van der Waals surface area contributed by atoms with Crippen molar-refractivity contribution in [1.29, 1.82) is 0 Å². The van der Waals surface area contributed by atoms with Gasteiger partial charge in [0.05, 0.1) is 25.7 Å². The Hall–Kier alpha value is -2.45. The Kier molecular flexibility index (Phi) is 8.16. The van der Waals surface area contributed by atoms with Gasteiger partial charge in [0, 0.05) is 19.6 Å². The molecule has 0 bridgehead atoms. The number of amides is 2. The summed E-state index contributed by atoms with van der Waals surface area (Å²) in [4.78, 5) is 36.7. The van der Waals surface area contributed by atoms with Gasteiger partial charge in [0.15, 0.2) is 0 Å². The molecule has 8 heteroatoms. The molecule has 2 heterocycles. The number of carbonyl (C=O) groups is 3. The summed E-state index contributed by atoms with van der Waals surface area (Å²) in [6.07, 6.45) is -0.155. The number of ether oxygens (including phenoxy) is 1. The van der Waals surface area contributed by atoms with Crippen LogP contribution in [0.5, 0.6) is 0 Å². The number of carbonyl (C=O) groups excluding carboxylic acids is 2. The van der Waals surface area contributed by atoms with Gasteiger partial charge in [-0.3, -0.25) is 19.3 Å². The molecule has 0 saturated carbocycles. The molecule has 2 amide bonds. The average molecular weight is 405 g/mol. The molecule has 0 spiro atoms. The van der Waals surface area contributed by atoms with Crippen molar-refractivity contribution in [1.82, 2.24) is 15.1 Å². The summed E-state index contributed by atoms with van der Waals surface area (Å²) in [5, 5.41) is 9.68. The fraction of sp³-hybridized carbons (Fsp3) is 0.571. The summed E-state index contributed by atoms with van der Waals surface area (Å²) in [5.41, 5.74) is 1.04. The smallest absolute Gasteiger partial charge is 0.290 e. The van der Waals surface area contributed by atoms with Crippen LogP contribution < -0.4 is 5.32 Å². The van der Waals surface area contributed by atoms with Crippen LogP contribution in [0.15, 0.2) is 30.3 Å². The van der Waals surface area contributed by atoms with Crippen LogP contribution in [0, 0.1) is 5.41 Å². The maximum Gasteiger partial charge on any atom is 0.290 e. The SMILES string of the molecule is CC(C)(C)[C@H]1CN(C(=O)CN2CCNC(=O)C2)C[C@@H](c2ccccc2)O1.O=CO. The summed E-state index contributed by atoms with van der Waals surface area (Å²) >= 11 is 0. The molecule has 0 aromatic heterocycles. The molecule has 3 rings (SSSR count). The highest BCUT2D eigenvalue weighted by atomic mass is 16.5. The first-order chi connectivity index (χ1) is 13.7. The summed E-state index contributed by atoms with van der Waals surface area (Å²) in [6.45, 7) is 9.21. The first-order valence-corrected chi connectivity index (χ1v) is 9.79. The molecular formula is C21H31N3O5. The lowest BCUT2D eigenvalue weighted by Crippen LogP contribution is -2.55. The second kappa shape index (κ2) is 10.4. The van der Waals surface area contributed by atoms with Crippen molar-refractivity contribution >= 4 is 18.3 Å². The average Bonchev–Trinajstić information content (AvgIpc) is 2.68. The van der Waals surface area contributed by atoms with E-state index in [4.69, 9.17) is 14.6 Å². The number of hydrogen-bond acceptors (Lipinski definition) is 5. The van der Waals surface area contributed by atoms with Crippen molar-refractivity contribution in [2.45, 2.75) is 33.0 Å². The van der Waals surface area contributed by atoms with Gasteiger partial charge in [0.25, 0.3) is 6.47 Å². The van der Waals surface area contributed by atoms with E-state index in [1.54, 1.807) is 0 Å². The normalized spacial score (nSPS) is 22.9. The summed E-state index contributed by atoms with van der Waals surface area (Å²) < 4.78 is 6.35. The lowest BCUT2D eigenvalue weighted by Gasteiger charge is -2.44. The first kappa shape index (κ1) is 22.8. The molecule has 29 heavy (non-hydrogen) atoms. The van der Waals surface area contributed by atoms with Crippen LogP contribution in [-0.2, 0) is 19.1 Å². The van der Waals surface area contributed by atoms with Crippen molar-refractivity contribution in [3.63, 3.8) is 0 Å². The maximum atomic E-state index is 12.9. The highest BCUT2D eigenvalue weighted by Gasteiger charge is 2.37. The van der Waals surface area contributed by atoms with E-state index in [2.05, 4.69) is 26.1 Å². The zero-order chi connectivity index (χ0) is 21.4. The van der Waals surface area contributed by atoms with Gasteiger partial charge in [0.2, 0.25) is 11.8 Å². The Bertz CT molecular complexity index is 689. The van der Waals surface area contributed by atoms with Gasteiger partial charge in [-0.15, -0.1) is 0 Å². The van der Waals surface area contributed by atoms with Crippen LogP contribution in [0.2, 0.25) is 0 Å². The molecule has 2 atom stereocenters. The lowest BCUT2D eigenvalue weighted by atomic mass is 9.87. The quantitative estimate of drug-likeness (QED) is 0.732. The van der Waals surface area contributed by atoms with Gasteiger partial charge in [-0.05, 0) is 11.0 Å². The molecule has 2 saturated heterocycles. The van der Waals surface area contributed by atoms with Gasteiger partial charge in [-0.1, -0.05) is 51.1 Å². The molecule has 0 aliphatic carbocycles. The van der Waals surface area contributed by atoms with E-state index in [0.29, 0.717) is 32.7 Å². The predicted octanol–water partition coefficient (Wildman–Crippen LogP) is 1.13. The molecule has 2 N–H and O–H groups in total. The highest BCUT2D eigenvalue weighted by Crippen LogP contribution is 2.33. The van der Waals surface area contributed by atoms with E-state index in [-0.39, 0.29) is 42.5 Å². The highest BCUT2D eigenvalue weighted by molar-refractivity contribution is 5.82. The standard InChI is InChI=1S/C20H29N3O3.CH2O2/c1-20(2,3)17-12-23(11-16(26-17)15-7-5-4-6-8-15)19(25)14-22-10-9-21-18(24)13-22;2-1-3/h4-8,16-17H,9-14H2,1-3H3,(H,21,24);1H,(H,2,3)/t16-,17+;/m0./s1. The van der Waals surface area contributed by atoms with Gasteiger partial charge in [-0.25, -0.2) is 0 Å². The van der Waals surface area contributed by atoms with E-state index in [9.17, 15) is 9.59 Å². The number of benzene rings is 1. The third-order valence-electron chi connectivity index (χ3n) is 5.07. The molecule has 160 valence electrons. The minimum Gasteiger partial charge on any atom is -0.483 e. The van der Waals surface area contributed by atoms with Crippen LogP contribution in [0.3, 0.4) is 0 Å². The molecule has 0 radical (unpaired) electrons. The molecule has 2 aliphatic rings. The lowest BCUT2D eigenvalue weighted by molar-refractivity contribution is -0.158. The summed E-state index contributed by atoms with van der Waals surface area (Å²) in [6, 6.07) is 10.1. The van der Waals surface area contributed by atoms with Crippen molar-refractivity contribution in [3.05, 3.63) is 35.9 Å². The molecule has 2 fully saturated rings. The molecule has 1 aromatic rings. The molecule has 1 aromatic carbocycles. The van der Waals surface area contributed by atoms with E-state index < -0.39 is 0 Å². The van der Waals surface area contributed by atoms with Crippen LogP contribution in [-0.4, -0.2) is 78.6 Å². The molecule has 0 unspecified atom stereocenters. The minimum absolute atomic E-state index is 0.0132. The zero-order valence-corrected chi connectivity index (χ0v) is 17.3. The van der Waals surface area contributed by atoms with Crippen molar-refractivity contribution < 1.29 is 24.2 Å². The van der Waals surface area contributed by atoms with Crippen molar-refractivity contribution in [3.8, 4) is 0 Å². The van der Waals surface area contributed by atoms with Crippen LogP contribution in [0.4, 0.5) is 0 Å². The van der Waals surface area contributed by atoms with Gasteiger partial charge < -0.3 is 20.1 Å². The predicted molar refractivity (Wildman–Crippen MR) is 108 cm³/mol. The number of carboxylic acid groups (broad SMARTS) is 1. The van der Waals surface area contributed by atoms with Crippen LogP contribution >= 0.6 is 0 Å². The molecular weight excluding hydrogens is 374 g/mol. The van der Waals surface area contributed by atoms with E-state index in [1.807, 2.05) is 40.1 Å². The Morgan fingerprint density at radius 1 is 1.28 bits per heavy atom. The maximum absolute atomic E-state index is 12.9. The number of nitrogens with one attached hydrogen (secondary N) is 1. The minimum atomic E-state index is -0.250. The van der Waals surface area contributed by atoms with E-state index in [1.165, 1.54) is 0 Å². The van der Waals surface area contributed by atoms with E-state index >= 15 is 0 Å². The van der Waals surface area contributed by atoms with Gasteiger partial charge in [-0.2, -0.15) is 0 Å². The Morgan fingerprint density at radius 3 is 2.52 bits per heavy atom. The second-order valence-electron chi connectivity index (χ2n) is 8.35. The topological polar surface area (TPSA) is 99.2 Å².